The van der Waals surface area contributed by atoms with Crippen molar-refractivity contribution in [1.29, 1.82) is 0 Å². The third-order valence-corrected chi connectivity index (χ3v) is 4.61. The van der Waals surface area contributed by atoms with Crippen molar-refractivity contribution < 1.29 is 9.59 Å². The third-order valence-electron chi connectivity index (χ3n) is 4.61. The van der Waals surface area contributed by atoms with E-state index in [9.17, 15) is 9.59 Å². The van der Waals surface area contributed by atoms with Crippen LogP contribution >= 0.6 is 0 Å². The topological polar surface area (TPSA) is 70.2 Å². The molecule has 2 rings (SSSR count). The second-order valence-electron chi connectivity index (χ2n) is 6.37. The zero-order valence-electron chi connectivity index (χ0n) is 14.8. The number of anilines is 1. The van der Waals surface area contributed by atoms with Gasteiger partial charge >= 0.3 is 6.03 Å². The Morgan fingerprint density at radius 2 is 1.67 bits per heavy atom. The largest absolute Gasteiger partial charge is 0.335 e. The van der Waals surface area contributed by atoms with Gasteiger partial charge in [-0.2, -0.15) is 0 Å². The number of amides is 3. The predicted octanol–water partition coefficient (Wildman–Crippen LogP) is 3.38. The maximum Gasteiger partial charge on any atom is 0.315 e. The number of urea groups is 1. The molecular weight excluding hydrogens is 302 g/mol. The van der Waals surface area contributed by atoms with Gasteiger partial charge in [0.1, 0.15) is 0 Å². The first kappa shape index (κ1) is 18.3. The van der Waals surface area contributed by atoms with Crippen molar-refractivity contribution in [2.45, 2.75) is 64.8 Å². The van der Waals surface area contributed by atoms with E-state index in [2.05, 4.69) is 29.8 Å². The molecule has 0 unspecified atom stereocenters. The van der Waals surface area contributed by atoms with Crippen LogP contribution in [-0.2, 0) is 17.6 Å². The summed E-state index contributed by atoms with van der Waals surface area (Å²) < 4.78 is 0. The maximum absolute atomic E-state index is 12.2. The number of nitrogens with one attached hydrogen (secondary N) is 3. The second-order valence-corrected chi connectivity index (χ2v) is 6.37. The Balaban J connectivity index is 1.84. The van der Waals surface area contributed by atoms with Crippen molar-refractivity contribution in [3.63, 3.8) is 0 Å². The summed E-state index contributed by atoms with van der Waals surface area (Å²) in [6.07, 6.45) is 7.36. The minimum atomic E-state index is -0.253. The van der Waals surface area contributed by atoms with E-state index in [1.54, 1.807) is 0 Å². The average molecular weight is 331 g/mol. The first-order valence-electron chi connectivity index (χ1n) is 9.09. The molecular formula is C19H29N3O2. The van der Waals surface area contributed by atoms with Gasteiger partial charge in [0.25, 0.3) is 0 Å². The van der Waals surface area contributed by atoms with Gasteiger partial charge in [0.15, 0.2) is 0 Å². The lowest BCUT2D eigenvalue weighted by molar-refractivity contribution is -0.115. The van der Waals surface area contributed by atoms with E-state index in [-0.39, 0.29) is 24.5 Å². The number of carbonyl (C=O) groups excluding carboxylic acids is 2. The molecule has 0 saturated heterocycles. The monoisotopic (exact) mass is 331 g/mol. The molecule has 3 N–H and O–H groups in total. The maximum atomic E-state index is 12.2. The van der Waals surface area contributed by atoms with Crippen LogP contribution in [0.1, 0.15) is 57.1 Å². The highest BCUT2D eigenvalue weighted by Gasteiger charge is 2.16. The van der Waals surface area contributed by atoms with Crippen LogP contribution in [0.2, 0.25) is 0 Å². The fraction of sp³-hybridized carbons (Fsp3) is 0.579. The number of benzene rings is 1. The number of rotatable bonds is 6. The van der Waals surface area contributed by atoms with Crippen LogP contribution in [0.25, 0.3) is 0 Å². The summed E-state index contributed by atoms with van der Waals surface area (Å²) in [6.45, 7) is 4.13. The molecule has 1 aliphatic carbocycles. The lowest BCUT2D eigenvalue weighted by Crippen LogP contribution is -2.45. The zero-order chi connectivity index (χ0) is 17.4. The molecule has 24 heavy (non-hydrogen) atoms. The minimum absolute atomic E-state index is 0.0141. The summed E-state index contributed by atoms with van der Waals surface area (Å²) in [4.78, 5) is 24.1. The van der Waals surface area contributed by atoms with E-state index in [0.29, 0.717) is 0 Å². The molecule has 3 amide bonds. The van der Waals surface area contributed by atoms with Gasteiger partial charge in [-0.3, -0.25) is 4.79 Å². The third kappa shape index (κ3) is 5.25. The Bertz CT molecular complexity index is 543. The highest BCUT2D eigenvalue weighted by atomic mass is 16.2. The van der Waals surface area contributed by atoms with E-state index in [0.717, 1.165) is 42.5 Å². The molecule has 0 aliphatic heterocycles. The van der Waals surface area contributed by atoms with Gasteiger partial charge in [-0.05, 0) is 36.8 Å². The lowest BCUT2D eigenvalue weighted by Gasteiger charge is -2.22. The van der Waals surface area contributed by atoms with Gasteiger partial charge in [-0.25, -0.2) is 4.79 Å². The summed E-state index contributed by atoms with van der Waals surface area (Å²) in [6, 6.07) is 6.06. The Labute approximate surface area is 144 Å². The Hall–Kier alpha value is -2.04. The molecule has 132 valence electrons. The first-order valence-corrected chi connectivity index (χ1v) is 9.09. The summed E-state index contributed by atoms with van der Waals surface area (Å²) in [7, 11) is 0. The number of aryl methyl sites for hydroxylation is 2. The highest BCUT2D eigenvalue weighted by molar-refractivity contribution is 5.95. The fourth-order valence-electron chi connectivity index (χ4n) is 3.23. The number of hydrogen-bond donors (Lipinski definition) is 3. The normalized spacial score (nSPS) is 14.9. The molecule has 0 radical (unpaired) electrons. The smallest absolute Gasteiger partial charge is 0.315 e. The SMILES string of the molecule is CCc1cccc(CC)c1NC(=O)CNC(=O)NC1CCCCC1. The van der Waals surface area contributed by atoms with Crippen LogP contribution in [-0.4, -0.2) is 24.5 Å². The van der Waals surface area contributed by atoms with E-state index in [1.165, 1.54) is 19.3 Å². The number of hydrogen-bond acceptors (Lipinski definition) is 2. The molecule has 1 saturated carbocycles. The molecule has 0 bridgehead atoms. The fourth-order valence-corrected chi connectivity index (χ4v) is 3.23. The van der Waals surface area contributed by atoms with Crippen LogP contribution in [0.15, 0.2) is 18.2 Å². The van der Waals surface area contributed by atoms with E-state index in [4.69, 9.17) is 0 Å². The summed E-state index contributed by atoms with van der Waals surface area (Å²) in [5.74, 6) is -0.190. The van der Waals surface area contributed by atoms with Crippen molar-refractivity contribution in [1.82, 2.24) is 10.6 Å². The van der Waals surface area contributed by atoms with Gasteiger partial charge in [-0.15, -0.1) is 0 Å². The molecule has 0 atom stereocenters. The van der Waals surface area contributed by atoms with E-state index in [1.807, 2.05) is 18.2 Å². The number of para-hydroxylation sites is 1. The molecule has 5 nitrogen and oxygen atoms in total. The quantitative estimate of drug-likeness (QED) is 0.748. The van der Waals surface area contributed by atoms with Crippen LogP contribution in [0.5, 0.6) is 0 Å². The Kier molecular flexibility index (Phi) is 7.09. The van der Waals surface area contributed by atoms with Crippen LogP contribution in [0, 0.1) is 0 Å². The highest BCUT2D eigenvalue weighted by Crippen LogP contribution is 2.22. The van der Waals surface area contributed by atoms with Gasteiger partial charge < -0.3 is 16.0 Å². The van der Waals surface area contributed by atoms with Gasteiger partial charge in [0.05, 0.1) is 6.54 Å². The van der Waals surface area contributed by atoms with Crippen LogP contribution in [0.3, 0.4) is 0 Å². The molecule has 1 aromatic rings. The van der Waals surface area contributed by atoms with E-state index < -0.39 is 0 Å². The van der Waals surface area contributed by atoms with Gasteiger partial charge in [0.2, 0.25) is 5.91 Å². The Morgan fingerprint density at radius 1 is 1.04 bits per heavy atom. The molecule has 1 aliphatic rings. The molecule has 5 heteroatoms. The van der Waals surface area contributed by atoms with Crippen LogP contribution in [0.4, 0.5) is 10.5 Å². The summed E-state index contributed by atoms with van der Waals surface area (Å²) >= 11 is 0. The van der Waals surface area contributed by atoms with Crippen molar-refractivity contribution in [3.05, 3.63) is 29.3 Å². The molecule has 1 fully saturated rings. The minimum Gasteiger partial charge on any atom is -0.335 e. The average Bonchev–Trinajstić information content (AvgIpc) is 2.61. The van der Waals surface area contributed by atoms with Crippen molar-refractivity contribution in [2.75, 3.05) is 11.9 Å². The van der Waals surface area contributed by atoms with Gasteiger partial charge in [0, 0.05) is 11.7 Å². The molecule has 0 spiro atoms. The van der Waals surface area contributed by atoms with Crippen molar-refractivity contribution >= 4 is 17.6 Å². The second kappa shape index (κ2) is 9.30. The summed E-state index contributed by atoms with van der Waals surface area (Å²) in [5.41, 5.74) is 3.13. The number of carbonyl (C=O) groups is 2. The van der Waals surface area contributed by atoms with Crippen molar-refractivity contribution in [3.8, 4) is 0 Å². The summed E-state index contributed by atoms with van der Waals surface area (Å²) in [5, 5.41) is 8.57. The zero-order valence-corrected chi connectivity index (χ0v) is 14.8. The molecule has 0 heterocycles. The standard InChI is InChI=1S/C19H29N3O2/c1-3-14-9-8-10-15(4-2)18(14)22-17(23)13-20-19(24)21-16-11-6-5-7-12-16/h8-10,16H,3-7,11-13H2,1-2H3,(H,22,23)(H2,20,21,24). The lowest BCUT2D eigenvalue weighted by atomic mass is 9.96. The Morgan fingerprint density at radius 3 is 2.25 bits per heavy atom. The first-order chi connectivity index (χ1) is 11.6. The molecule has 0 aromatic heterocycles. The van der Waals surface area contributed by atoms with Crippen molar-refractivity contribution in [2.24, 2.45) is 0 Å². The van der Waals surface area contributed by atoms with Gasteiger partial charge in [-0.1, -0.05) is 51.3 Å². The van der Waals surface area contributed by atoms with Crippen LogP contribution < -0.4 is 16.0 Å². The van der Waals surface area contributed by atoms with E-state index >= 15 is 0 Å². The molecule has 1 aromatic carbocycles. The predicted molar refractivity (Wildman–Crippen MR) is 97.2 cm³/mol.